The second kappa shape index (κ2) is 7.16. The number of hydrogen-bond acceptors (Lipinski definition) is 5. The molecule has 140 valence electrons. The Bertz CT molecular complexity index is 1140. The standard InChI is InChI=1S/C21H19N5OS/c27-20(22-13-19-25-24-18-11-5-6-12-26(18)19)14-7-1-2-8-15(14)21-23-16-9-3-4-10-17(16)28-21/h1-6,9-12,14-15H,7-8,13H2,(H,22,27). The zero-order valence-electron chi connectivity index (χ0n) is 15.2. The average molecular weight is 389 g/mol. The van der Waals surface area contributed by atoms with Gasteiger partial charge in [0, 0.05) is 12.1 Å². The van der Waals surface area contributed by atoms with Crippen LogP contribution in [0.5, 0.6) is 0 Å². The molecule has 5 rings (SSSR count). The van der Waals surface area contributed by atoms with Crippen LogP contribution in [0.15, 0.2) is 60.8 Å². The van der Waals surface area contributed by atoms with Crippen molar-refractivity contribution < 1.29 is 4.79 Å². The van der Waals surface area contributed by atoms with Gasteiger partial charge in [0.05, 0.1) is 27.7 Å². The second-order valence-electron chi connectivity index (χ2n) is 6.94. The van der Waals surface area contributed by atoms with Crippen LogP contribution in [-0.4, -0.2) is 25.5 Å². The Kier molecular flexibility index (Phi) is 4.37. The van der Waals surface area contributed by atoms with E-state index in [-0.39, 0.29) is 17.7 Å². The van der Waals surface area contributed by atoms with Crippen molar-refractivity contribution in [3.63, 3.8) is 0 Å². The molecule has 0 aliphatic heterocycles. The number of benzene rings is 1. The molecule has 1 aromatic carbocycles. The summed E-state index contributed by atoms with van der Waals surface area (Å²) < 4.78 is 3.06. The highest BCUT2D eigenvalue weighted by Gasteiger charge is 2.32. The van der Waals surface area contributed by atoms with Crippen LogP contribution in [-0.2, 0) is 11.3 Å². The number of nitrogens with one attached hydrogen (secondary N) is 1. The molecule has 0 saturated carbocycles. The number of aromatic nitrogens is 4. The summed E-state index contributed by atoms with van der Waals surface area (Å²) in [4.78, 5) is 17.8. The van der Waals surface area contributed by atoms with Crippen molar-refractivity contribution in [1.82, 2.24) is 24.9 Å². The quantitative estimate of drug-likeness (QED) is 0.540. The van der Waals surface area contributed by atoms with E-state index in [2.05, 4.69) is 33.7 Å². The van der Waals surface area contributed by atoms with E-state index >= 15 is 0 Å². The third-order valence-electron chi connectivity index (χ3n) is 5.20. The predicted molar refractivity (Wildman–Crippen MR) is 109 cm³/mol. The number of allylic oxidation sites excluding steroid dienone is 2. The van der Waals surface area contributed by atoms with E-state index in [0.717, 1.165) is 34.8 Å². The first-order chi connectivity index (χ1) is 13.8. The van der Waals surface area contributed by atoms with Crippen molar-refractivity contribution in [3.05, 3.63) is 71.6 Å². The van der Waals surface area contributed by atoms with Gasteiger partial charge >= 0.3 is 0 Å². The molecule has 6 nitrogen and oxygen atoms in total. The largest absolute Gasteiger partial charge is 0.349 e. The molecule has 1 aliphatic carbocycles. The summed E-state index contributed by atoms with van der Waals surface area (Å²) in [5.41, 5.74) is 1.78. The van der Waals surface area contributed by atoms with Crippen LogP contribution in [0.3, 0.4) is 0 Å². The van der Waals surface area contributed by atoms with Gasteiger partial charge in [-0.05, 0) is 37.1 Å². The fourth-order valence-corrected chi connectivity index (χ4v) is 4.88. The number of amides is 1. The van der Waals surface area contributed by atoms with Crippen molar-refractivity contribution in [1.29, 1.82) is 0 Å². The fraction of sp³-hybridized carbons (Fsp3) is 0.238. The molecule has 1 amide bonds. The normalized spacial score (nSPS) is 19.3. The van der Waals surface area contributed by atoms with Crippen LogP contribution in [0.4, 0.5) is 0 Å². The minimum Gasteiger partial charge on any atom is -0.349 e. The smallest absolute Gasteiger partial charge is 0.224 e. The van der Waals surface area contributed by atoms with Crippen molar-refractivity contribution in [2.45, 2.75) is 25.3 Å². The van der Waals surface area contributed by atoms with Gasteiger partial charge in [0.25, 0.3) is 0 Å². The summed E-state index contributed by atoms with van der Waals surface area (Å²) in [5, 5.41) is 12.4. The summed E-state index contributed by atoms with van der Waals surface area (Å²) in [5.74, 6) is 0.760. The molecule has 28 heavy (non-hydrogen) atoms. The molecule has 1 aliphatic rings. The van der Waals surface area contributed by atoms with Gasteiger partial charge in [-0.1, -0.05) is 30.4 Å². The van der Waals surface area contributed by atoms with E-state index in [9.17, 15) is 4.79 Å². The van der Waals surface area contributed by atoms with Gasteiger partial charge in [-0.2, -0.15) is 0 Å². The molecular weight excluding hydrogens is 370 g/mol. The van der Waals surface area contributed by atoms with Gasteiger partial charge in [0.1, 0.15) is 0 Å². The number of carbonyl (C=O) groups excluding carboxylic acids is 1. The third-order valence-corrected chi connectivity index (χ3v) is 6.37. The Morgan fingerprint density at radius 3 is 2.89 bits per heavy atom. The molecule has 0 spiro atoms. The van der Waals surface area contributed by atoms with E-state index < -0.39 is 0 Å². The Morgan fingerprint density at radius 1 is 1.11 bits per heavy atom. The molecule has 7 heteroatoms. The van der Waals surface area contributed by atoms with E-state index in [1.165, 1.54) is 4.70 Å². The molecule has 0 bridgehead atoms. The number of pyridine rings is 1. The molecule has 1 N–H and O–H groups in total. The van der Waals surface area contributed by atoms with Crippen molar-refractivity contribution in [2.75, 3.05) is 0 Å². The van der Waals surface area contributed by atoms with Crippen LogP contribution < -0.4 is 5.32 Å². The molecule has 2 unspecified atom stereocenters. The lowest BCUT2D eigenvalue weighted by Gasteiger charge is -2.25. The first kappa shape index (κ1) is 17.1. The first-order valence-electron chi connectivity index (χ1n) is 9.36. The monoisotopic (exact) mass is 389 g/mol. The molecule has 3 aromatic heterocycles. The molecule has 2 atom stereocenters. The summed E-state index contributed by atoms with van der Waals surface area (Å²) in [6.07, 6.45) is 7.73. The van der Waals surface area contributed by atoms with E-state index in [4.69, 9.17) is 4.98 Å². The summed E-state index contributed by atoms with van der Waals surface area (Å²) in [7, 11) is 0. The highest BCUT2D eigenvalue weighted by atomic mass is 32.1. The van der Waals surface area contributed by atoms with Crippen LogP contribution in [0.1, 0.15) is 29.6 Å². The summed E-state index contributed by atoms with van der Waals surface area (Å²) >= 11 is 1.69. The second-order valence-corrected chi connectivity index (χ2v) is 8.00. The number of fused-ring (bicyclic) bond motifs is 2. The number of thiazole rings is 1. The highest BCUT2D eigenvalue weighted by molar-refractivity contribution is 7.18. The highest BCUT2D eigenvalue weighted by Crippen LogP contribution is 2.38. The lowest BCUT2D eigenvalue weighted by molar-refractivity contribution is -0.126. The van der Waals surface area contributed by atoms with Crippen molar-refractivity contribution in [2.24, 2.45) is 5.92 Å². The number of nitrogens with zero attached hydrogens (tertiary/aromatic N) is 4. The van der Waals surface area contributed by atoms with Crippen LogP contribution in [0, 0.1) is 5.92 Å². The Balaban J connectivity index is 1.35. The molecule has 3 heterocycles. The molecule has 4 aromatic rings. The number of rotatable bonds is 4. The van der Waals surface area contributed by atoms with Gasteiger partial charge in [-0.3, -0.25) is 9.20 Å². The summed E-state index contributed by atoms with van der Waals surface area (Å²) in [6, 6.07) is 13.9. The van der Waals surface area contributed by atoms with Gasteiger partial charge in [-0.15, -0.1) is 21.5 Å². The Morgan fingerprint density at radius 2 is 1.96 bits per heavy atom. The zero-order chi connectivity index (χ0) is 18.9. The maximum absolute atomic E-state index is 13.0. The fourth-order valence-electron chi connectivity index (χ4n) is 3.73. The predicted octanol–water partition coefficient (Wildman–Crippen LogP) is 3.71. The van der Waals surface area contributed by atoms with Crippen molar-refractivity contribution in [3.8, 4) is 0 Å². The van der Waals surface area contributed by atoms with Crippen LogP contribution in [0.2, 0.25) is 0 Å². The third kappa shape index (κ3) is 3.07. The van der Waals surface area contributed by atoms with E-state index in [1.807, 2.05) is 47.0 Å². The Labute approximate surface area is 165 Å². The average Bonchev–Trinajstić information content (AvgIpc) is 3.36. The molecule has 0 fully saturated rings. The molecule has 0 radical (unpaired) electrons. The molecule has 0 saturated heterocycles. The Hall–Kier alpha value is -3.06. The minimum atomic E-state index is -0.121. The number of para-hydroxylation sites is 1. The van der Waals surface area contributed by atoms with Gasteiger partial charge < -0.3 is 5.32 Å². The van der Waals surface area contributed by atoms with E-state index in [0.29, 0.717) is 6.54 Å². The molecular formula is C21H19N5OS. The zero-order valence-corrected chi connectivity index (χ0v) is 16.0. The van der Waals surface area contributed by atoms with Gasteiger partial charge in [0.15, 0.2) is 11.5 Å². The maximum Gasteiger partial charge on any atom is 0.224 e. The number of carbonyl (C=O) groups is 1. The maximum atomic E-state index is 13.0. The van der Waals surface area contributed by atoms with Gasteiger partial charge in [-0.25, -0.2) is 4.98 Å². The van der Waals surface area contributed by atoms with Crippen LogP contribution in [0.25, 0.3) is 15.9 Å². The topological polar surface area (TPSA) is 72.2 Å². The van der Waals surface area contributed by atoms with Crippen LogP contribution >= 0.6 is 11.3 Å². The van der Waals surface area contributed by atoms with Gasteiger partial charge in [0.2, 0.25) is 5.91 Å². The minimum absolute atomic E-state index is 0.0429. The lowest BCUT2D eigenvalue weighted by atomic mass is 9.82. The van der Waals surface area contributed by atoms with Crippen molar-refractivity contribution >= 4 is 33.1 Å². The first-order valence-corrected chi connectivity index (χ1v) is 10.2. The van der Waals surface area contributed by atoms with E-state index in [1.54, 1.807) is 11.3 Å². The summed E-state index contributed by atoms with van der Waals surface area (Å²) in [6.45, 7) is 0.358. The number of hydrogen-bond donors (Lipinski definition) is 1. The SMILES string of the molecule is O=C(NCc1nnc2ccccn12)C1CC=CCC1c1nc2ccccc2s1. The lowest BCUT2D eigenvalue weighted by Crippen LogP contribution is -2.35.